The van der Waals surface area contributed by atoms with Crippen molar-refractivity contribution < 1.29 is 4.42 Å². The normalized spacial score (nSPS) is 12.9. The van der Waals surface area contributed by atoms with Crippen LogP contribution in [0.2, 0.25) is 0 Å². The number of hydrogen-bond donors (Lipinski definition) is 0. The van der Waals surface area contributed by atoms with Gasteiger partial charge in [-0.3, -0.25) is 0 Å². The van der Waals surface area contributed by atoms with Crippen LogP contribution >= 0.6 is 0 Å². The molecule has 0 spiro atoms. The number of fused-ring (bicyclic) bond motifs is 6. The fourth-order valence-electron chi connectivity index (χ4n) is 8.55. The molecule has 0 saturated carbocycles. The van der Waals surface area contributed by atoms with E-state index in [4.69, 9.17) is 4.42 Å². The van der Waals surface area contributed by atoms with Crippen molar-refractivity contribution in [2.45, 2.75) is 19.3 Å². The van der Waals surface area contributed by atoms with Crippen LogP contribution in [0.25, 0.3) is 66.4 Å². The topological polar surface area (TPSA) is 16.4 Å². The molecule has 1 aliphatic carbocycles. The lowest BCUT2D eigenvalue weighted by Gasteiger charge is -2.31. The molecule has 2 heteroatoms. The molecule has 252 valence electrons. The summed E-state index contributed by atoms with van der Waals surface area (Å²) in [5.41, 5.74) is 17.5. The highest BCUT2D eigenvalue weighted by Gasteiger charge is 2.38. The van der Waals surface area contributed by atoms with Gasteiger partial charge in [-0.05, 0) is 98.6 Å². The molecule has 53 heavy (non-hydrogen) atoms. The number of nitrogens with zero attached hydrogens (tertiary/aromatic N) is 1. The Kier molecular flexibility index (Phi) is 7.19. The third-order valence-electron chi connectivity index (χ3n) is 11.0. The van der Waals surface area contributed by atoms with Crippen LogP contribution in [0.5, 0.6) is 0 Å². The van der Waals surface area contributed by atoms with E-state index in [1.54, 1.807) is 0 Å². The smallest absolute Gasteiger partial charge is 0.136 e. The number of furan rings is 1. The second-order valence-corrected chi connectivity index (χ2v) is 14.5. The van der Waals surface area contributed by atoms with E-state index in [9.17, 15) is 0 Å². The van der Waals surface area contributed by atoms with Crippen LogP contribution in [-0.4, -0.2) is 0 Å². The van der Waals surface area contributed by atoms with Crippen molar-refractivity contribution >= 4 is 39.0 Å². The Balaban J connectivity index is 1.18. The quantitative estimate of drug-likeness (QED) is 0.174. The van der Waals surface area contributed by atoms with Crippen molar-refractivity contribution in [1.82, 2.24) is 0 Å². The Labute approximate surface area is 310 Å². The fraction of sp³-hybridized carbons (Fsp3) is 0.0588. The van der Waals surface area contributed by atoms with Gasteiger partial charge in [0.25, 0.3) is 0 Å². The Morgan fingerprint density at radius 1 is 0.396 bits per heavy atom. The summed E-state index contributed by atoms with van der Waals surface area (Å²) in [5.74, 6) is 0. The van der Waals surface area contributed by atoms with E-state index >= 15 is 0 Å². The van der Waals surface area contributed by atoms with Crippen molar-refractivity contribution in [2.24, 2.45) is 0 Å². The predicted octanol–water partition coefficient (Wildman–Crippen LogP) is 14.4. The summed E-state index contributed by atoms with van der Waals surface area (Å²) >= 11 is 0. The number of rotatable bonds is 6. The molecule has 1 aliphatic rings. The van der Waals surface area contributed by atoms with E-state index < -0.39 is 0 Å². The van der Waals surface area contributed by atoms with Crippen LogP contribution in [0, 0.1) is 0 Å². The highest BCUT2D eigenvalue weighted by molar-refractivity contribution is 6.06. The maximum Gasteiger partial charge on any atom is 0.136 e. The van der Waals surface area contributed by atoms with E-state index in [-0.39, 0.29) is 5.41 Å². The summed E-state index contributed by atoms with van der Waals surface area (Å²) in [7, 11) is 0. The van der Waals surface area contributed by atoms with Gasteiger partial charge in [-0.25, -0.2) is 0 Å². The Hall–Kier alpha value is -6.64. The number of benzene rings is 8. The molecule has 0 aliphatic heterocycles. The molecule has 0 radical (unpaired) electrons. The molecular formula is C51H37NO. The summed E-state index contributed by atoms with van der Waals surface area (Å²) in [6, 6.07) is 67.9. The first-order valence-corrected chi connectivity index (χ1v) is 18.3. The Morgan fingerprint density at radius 3 is 1.75 bits per heavy atom. The molecule has 9 aromatic rings. The number of anilines is 3. The van der Waals surface area contributed by atoms with Gasteiger partial charge in [0.05, 0.1) is 5.69 Å². The molecule has 0 saturated heterocycles. The first kappa shape index (κ1) is 31.1. The third kappa shape index (κ3) is 5.10. The molecule has 0 atom stereocenters. The predicted molar refractivity (Wildman–Crippen MR) is 222 cm³/mol. The summed E-state index contributed by atoms with van der Waals surface area (Å²) in [5, 5.41) is 2.28. The molecule has 2 nitrogen and oxygen atoms in total. The Morgan fingerprint density at radius 2 is 0.981 bits per heavy atom. The van der Waals surface area contributed by atoms with Gasteiger partial charge in [-0.1, -0.05) is 153 Å². The van der Waals surface area contributed by atoms with Crippen LogP contribution in [-0.2, 0) is 5.41 Å². The SMILES string of the molecule is CC1(C)c2ccccc2-c2cc(N(c3ccc(-c4ccc5c(c4)oc4ccccc45)cc3)c3ccccc3-c3ccccc3)cc(-c3ccccc3)c21. The van der Waals surface area contributed by atoms with Gasteiger partial charge in [0, 0.05) is 33.1 Å². The zero-order valence-electron chi connectivity index (χ0n) is 29.8. The Bertz CT molecular complexity index is 2790. The zero-order chi connectivity index (χ0) is 35.5. The highest BCUT2D eigenvalue weighted by Crippen LogP contribution is 2.55. The van der Waals surface area contributed by atoms with Crippen LogP contribution < -0.4 is 4.90 Å². The molecule has 0 amide bonds. The zero-order valence-corrected chi connectivity index (χ0v) is 29.8. The van der Waals surface area contributed by atoms with Gasteiger partial charge in [-0.15, -0.1) is 0 Å². The largest absolute Gasteiger partial charge is 0.456 e. The number of para-hydroxylation sites is 2. The van der Waals surface area contributed by atoms with E-state index in [2.05, 4.69) is 195 Å². The number of hydrogen-bond acceptors (Lipinski definition) is 2. The molecule has 1 aromatic heterocycles. The molecule has 8 aromatic carbocycles. The van der Waals surface area contributed by atoms with Crippen molar-refractivity contribution in [3.8, 4) is 44.5 Å². The average Bonchev–Trinajstić information content (AvgIpc) is 3.70. The lowest BCUT2D eigenvalue weighted by atomic mass is 9.78. The standard InChI is InChI=1S/C51H37NO/c1-51(2)46-22-12-9-20-41(46)45-33-39(32-44(50(45)51)36-17-7-4-8-18-36)52(47-23-13-10-19-40(47)35-15-5-3-6-16-35)38-28-25-34(26-29-38)37-27-30-43-42-21-11-14-24-48(42)53-49(43)31-37/h3-33H,1-2H3. The van der Waals surface area contributed by atoms with E-state index in [0.717, 1.165) is 50.1 Å². The molecule has 0 N–H and O–H groups in total. The molecule has 0 fully saturated rings. The highest BCUT2D eigenvalue weighted by atomic mass is 16.3. The van der Waals surface area contributed by atoms with Gasteiger partial charge >= 0.3 is 0 Å². The van der Waals surface area contributed by atoms with Crippen molar-refractivity contribution in [2.75, 3.05) is 4.90 Å². The molecule has 0 bridgehead atoms. The molecule has 10 rings (SSSR count). The van der Waals surface area contributed by atoms with E-state index in [1.807, 2.05) is 12.1 Å². The summed E-state index contributed by atoms with van der Waals surface area (Å²) in [4.78, 5) is 2.44. The van der Waals surface area contributed by atoms with E-state index in [1.165, 1.54) is 44.5 Å². The van der Waals surface area contributed by atoms with Crippen molar-refractivity contribution in [1.29, 1.82) is 0 Å². The minimum atomic E-state index is -0.148. The summed E-state index contributed by atoms with van der Waals surface area (Å²) in [6.07, 6.45) is 0. The minimum absolute atomic E-state index is 0.148. The lowest BCUT2D eigenvalue weighted by Crippen LogP contribution is -2.17. The first-order chi connectivity index (χ1) is 26.0. The second kappa shape index (κ2) is 12.3. The van der Waals surface area contributed by atoms with Crippen LogP contribution in [0.4, 0.5) is 17.1 Å². The van der Waals surface area contributed by atoms with Crippen LogP contribution in [0.3, 0.4) is 0 Å². The van der Waals surface area contributed by atoms with Gasteiger partial charge in [0.2, 0.25) is 0 Å². The average molecular weight is 680 g/mol. The van der Waals surface area contributed by atoms with Crippen molar-refractivity contribution in [3.05, 3.63) is 199 Å². The van der Waals surface area contributed by atoms with Gasteiger partial charge in [-0.2, -0.15) is 0 Å². The minimum Gasteiger partial charge on any atom is -0.456 e. The summed E-state index contributed by atoms with van der Waals surface area (Å²) < 4.78 is 6.26. The van der Waals surface area contributed by atoms with E-state index in [0.29, 0.717) is 0 Å². The first-order valence-electron chi connectivity index (χ1n) is 18.3. The van der Waals surface area contributed by atoms with Gasteiger partial charge < -0.3 is 9.32 Å². The second-order valence-electron chi connectivity index (χ2n) is 14.5. The molecular weight excluding hydrogens is 643 g/mol. The van der Waals surface area contributed by atoms with Crippen LogP contribution in [0.1, 0.15) is 25.0 Å². The monoisotopic (exact) mass is 679 g/mol. The maximum atomic E-state index is 6.26. The van der Waals surface area contributed by atoms with Crippen molar-refractivity contribution in [3.63, 3.8) is 0 Å². The lowest BCUT2D eigenvalue weighted by molar-refractivity contribution is 0.662. The third-order valence-corrected chi connectivity index (χ3v) is 11.0. The summed E-state index contributed by atoms with van der Waals surface area (Å²) in [6.45, 7) is 4.74. The molecule has 1 heterocycles. The molecule has 0 unspecified atom stereocenters. The maximum absolute atomic E-state index is 6.26. The fourth-order valence-corrected chi connectivity index (χ4v) is 8.55. The van der Waals surface area contributed by atoms with Crippen LogP contribution in [0.15, 0.2) is 192 Å². The van der Waals surface area contributed by atoms with Gasteiger partial charge in [0.15, 0.2) is 0 Å². The van der Waals surface area contributed by atoms with Gasteiger partial charge in [0.1, 0.15) is 11.2 Å².